The van der Waals surface area contributed by atoms with E-state index in [2.05, 4.69) is 10.3 Å². The molecule has 1 N–H and O–H groups in total. The van der Waals surface area contributed by atoms with Gasteiger partial charge in [0, 0.05) is 7.05 Å². The number of anilines is 1. The van der Waals surface area contributed by atoms with E-state index in [1.807, 2.05) is 20.8 Å². The van der Waals surface area contributed by atoms with Gasteiger partial charge in [-0.1, -0.05) is 0 Å². The Balaban J connectivity index is 2.80. The Labute approximate surface area is 87.3 Å². The zero-order chi connectivity index (χ0) is 10.8. The maximum absolute atomic E-state index is 11.6. The smallest absolute Gasteiger partial charge is 0.360 e. The van der Waals surface area contributed by atoms with Gasteiger partial charge in [0.2, 0.25) is 0 Å². The van der Waals surface area contributed by atoms with Crippen LogP contribution in [0.15, 0.2) is 5.51 Å². The van der Waals surface area contributed by atoms with Crippen LogP contribution < -0.4 is 5.32 Å². The molecule has 5 heteroatoms. The molecular formula is C9H14N2O2S. The topological polar surface area (TPSA) is 51.2 Å². The van der Waals surface area contributed by atoms with Crippen molar-refractivity contribution in [3.05, 3.63) is 11.2 Å². The fraction of sp³-hybridized carbons (Fsp3) is 0.556. The van der Waals surface area contributed by atoms with Crippen molar-refractivity contribution in [1.82, 2.24) is 4.98 Å². The largest absolute Gasteiger partial charge is 0.455 e. The minimum absolute atomic E-state index is 0.354. The molecule has 0 unspecified atom stereocenters. The number of nitrogens with zero attached hydrogens (tertiary/aromatic N) is 1. The van der Waals surface area contributed by atoms with Gasteiger partial charge in [-0.15, -0.1) is 11.3 Å². The van der Waals surface area contributed by atoms with Gasteiger partial charge in [0.05, 0.1) is 5.51 Å². The Morgan fingerprint density at radius 1 is 1.57 bits per heavy atom. The summed E-state index contributed by atoms with van der Waals surface area (Å²) in [6.45, 7) is 5.49. The molecule has 0 amide bonds. The molecule has 1 aromatic rings. The SMILES string of the molecule is CNc1scnc1C(=O)OC(C)(C)C. The highest BCUT2D eigenvalue weighted by atomic mass is 32.1. The molecule has 14 heavy (non-hydrogen) atoms. The van der Waals surface area contributed by atoms with E-state index in [1.54, 1.807) is 12.6 Å². The average molecular weight is 214 g/mol. The summed E-state index contributed by atoms with van der Waals surface area (Å²) in [6, 6.07) is 0. The monoisotopic (exact) mass is 214 g/mol. The predicted octanol–water partition coefficient (Wildman–Crippen LogP) is 2.14. The van der Waals surface area contributed by atoms with E-state index in [0.717, 1.165) is 5.00 Å². The molecule has 0 spiro atoms. The van der Waals surface area contributed by atoms with E-state index in [-0.39, 0.29) is 5.97 Å². The summed E-state index contributed by atoms with van der Waals surface area (Å²) < 4.78 is 5.19. The fourth-order valence-corrected chi connectivity index (χ4v) is 1.52. The minimum Gasteiger partial charge on any atom is -0.455 e. The molecule has 0 saturated carbocycles. The molecule has 1 heterocycles. The van der Waals surface area contributed by atoms with Crippen LogP contribution in [0.2, 0.25) is 0 Å². The molecule has 0 aliphatic heterocycles. The van der Waals surface area contributed by atoms with Crippen LogP contribution >= 0.6 is 11.3 Å². The van der Waals surface area contributed by atoms with Gasteiger partial charge in [0.15, 0.2) is 5.69 Å². The lowest BCUT2D eigenvalue weighted by molar-refractivity contribution is 0.00649. The Morgan fingerprint density at radius 3 is 2.71 bits per heavy atom. The first-order valence-electron chi connectivity index (χ1n) is 4.28. The first kappa shape index (κ1) is 11.0. The summed E-state index contributed by atoms with van der Waals surface area (Å²) in [5.74, 6) is -0.386. The average Bonchev–Trinajstić information content (AvgIpc) is 2.47. The highest BCUT2D eigenvalue weighted by Gasteiger charge is 2.21. The minimum atomic E-state index is -0.480. The number of nitrogens with one attached hydrogen (secondary N) is 1. The van der Waals surface area contributed by atoms with Gasteiger partial charge < -0.3 is 10.1 Å². The number of carbonyl (C=O) groups is 1. The molecule has 78 valence electrons. The Kier molecular flexibility index (Phi) is 3.10. The zero-order valence-corrected chi connectivity index (χ0v) is 9.57. The summed E-state index contributed by atoms with van der Waals surface area (Å²) in [7, 11) is 1.75. The number of esters is 1. The van der Waals surface area contributed by atoms with Crippen LogP contribution in [0, 0.1) is 0 Å². The maximum atomic E-state index is 11.6. The van der Waals surface area contributed by atoms with Crippen molar-refractivity contribution in [3.63, 3.8) is 0 Å². The number of ether oxygens (including phenoxy) is 1. The van der Waals surface area contributed by atoms with Crippen LogP contribution in [0.1, 0.15) is 31.3 Å². The van der Waals surface area contributed by atoms with Gasteiger partial charge in [0.25, 0.3) is 0 Å². The van der Waals surface area contributed by atoms with Gasteiger partial charge in [-0.05, 0) is 20.8 Å². The lowest BCUT2D eigenvalue weighted by Crippen LogP contribution is -2.24. The van der Waals surface area contributed by atoms with Crippen molar-refractivity contribution in [2.24, 2.45) is 0 Å². The summed E-state index contributed by atoms with van der Waals surface area (Å²) in [6.07, 6.45) is 0. The van der Waals surface area contributed by atoms with Crippen molar-refractivity contribution in [2.75, 3.05) is 12.4 Å². The highest BCUT2D eigenvalue weighted by Crippen LogP contribution is 2.21. The zero-order valence-electron chi connectivity index (χ0n) is 8.75. The summed E-state index contributed by atoms with van der Waals surface area (Å²) in [5, 5.41) is 3.63. The third-order valence-electron chi connectivity index (χ3n) is 1.39. The number of rotatable bonds is 2. The molecule has 0 radical (unpaired) electrons. The number of thiazole rings is 1. The molecule has 0 aliphatic rings. The second-order valence-corrected chi connectivity index (χ2v) is 4.64. The second kappa shape index (κ2) is 3.96. The summed E-state index contributed by atoms with van der Waals surface area (Å²) >= 11 is 1.38. The van der Waals surface area contributed by atoms with Crippen molar-refractivity contribution in [3.8, 4) is 0 Å². The van der Waals surface area contributed by atoms with Gasteiger partial charge in [-0.25, -0.2) is 9.78 Å². The van der Waals surface area contributed by atoms with E-state index in [1.165, 1.54) is 11.3 Å². The highest BCUT2D eigenvalue weighted by molar-refractivity contribution is 7.14. The maximum Gasteiger partial charge on any atom is 0.360 e. The molecule has 0 aliphatic carbocycles. The van der Waals surface area contributed by atoms with Crippen LogP contribution in [0.5, 0.6) is 0 Å². The Hall–Kier alpha value is -1.10. The fourth-order valence-electron chi connectivity index (χ4n) is 0.895. The van der Waals surface area contributed by atoms with Crippen LogP contribution in [-0.4, -0.2) is 23.6 Å². The molecule has 0 atom stereocenters. The number of aromatic nitrogens is 1. The van der Waals surface area contributed by atoms with E-state index >= 15 is 0 Å². The second-order valence-electron chi connectivity index (χ2n) is 3.78. The third kappa shape index (κ3) is 2.70. The predicted molar refractivity (Wildman–Crippen MR) is 56.8 cm³/mol. The third-order valence-corrected chi connectivity index (χ3v) is 2.23. The lowest BCUT2D eigenvalue weighted by Gasteiger charge is -2.18. The van der Waals surface area contributed by atoms with Crippen LogP contribution in [0.25, 0.3) is 0 Å². The van der Waals surface area contributed by atoms with Crippen molar-refractivity contribution >= 4 is 22.3 Å². The summed E-state index contributed by atoms with van der Waals surface area (Å²) in [4.78, 5) is 15.5. The molecular weight excluding hydrogens is 200 g/mol. The Morgan fingerprint density at radius 2 is 2.21 bits per heavy atom. The van der Waals surface area contributed by atoms with E-state index in [4.69, 9.17) is 4.74 Å². The Bertz CT molecular complexity index is 328. The van der Waals surface area contributed by atoms with Gasteiger partial charge in [-0.2, -0.15) is 0 Å². The normalized spacial score (nSPS) is 11.1. The van der Waals surface area contributed by atoms with E-state index in [0.29, 0.717) is 5.69 Å². The van der Waals surface area contributed by atoms with Crippen molar-refractivity contribution in [1.29, 1.82) is 0 Å². The van der Waals surface area contributed by atoms with Crippen molar-refractivity contribution in [2.45, 2.75) is 26.4 Å². The van der Waals surface area contributed by atoms with Crippen molar-refractivity contribution < 1.29 is 9.53 Å². The van der Waals surface area contributed by atoms with E-state index < -0.39 is 5.60 Å². The standard InChI is InChI=1S/C9H14N2O2S/c1-9(2,3)13-8(12)6-7(10-4)14-5-11-6/h5,10H,1-4H3. The number of carbonyl (C=O) groups excluding carboxylic acids is 1. The molecule has 0 aromatic carbocycles. The summed E-state index contributed by atoms with van der Waals surface area (Å²) in [5.41, 5.74) is 1.49. The van der Waals surface area contributed by atoms with E-state index in [9.17, 15) is 4.79 Å². The molecule has 1 aromatic heterocycles. The molecule has 0 saturated heterocycles. The molecule has 4 nitrogen and oxygen atoms in total. The van der Waals surface area contributed by atoms with Gasteiger partial charge >= 0.3 is 5.97 Å². The first-order valence-corrected chi connectivity index (χ1v) is 5.16. The molecule has 1 rings (SSSR count). The first-order chi connectivity index (χ1) is 6.44. The molecule has 0 bridgehead atoms. The number of hydrogen-bond acceptors (Lipinski definition) is 5. The quantitative estimate of drug-likeness (QED) is 0.766. The van der Waals surface area contributed by atoms with Crippen LogP contribution in [0.4, 0.5) is 5.00 Å². The van der Waals surface area contributed by atoms with Crippen LogP contribution in [0.3, 0.4) is 0 Å². The lowest BCUT2D eigenvalue weighted by atomic mass is 10.2. The van der Waals surface area contributed by atoms with Gasteiger partial charge in [-0.3, -0.25) is 0 Å². The molecule has 0 fully saturated rings. The van der Waals surface area contributed by atoms with Gasteiger partial charge in [0.1, 0.15) is 10.6 Å². The number of hydrogen-bond donors (Lipinski definition) is 1. The van der Waals surface area contributed by atoms with Crippen LogP contribution in [-0.2, 0) is 4.74 Å².